The van der Waals surface area contributed by atoms with Crippen LogP contribution in [0, 0.1) is 0 Å². The zero-order valence-corrected chi connectivity index (χ0v) is 12.8. The molecule has 20 heavy (non-hydrogen) atoms. The second-order valence-corrected chi connectivity index (χ2v) is 4.75. The highest BCUT2D eigenvalue weighted by Crippen LogP contribution is 2.14. The van der Waals surface area contributed by atoms with Crippen molar-refractivity contribution in [2.24, 2.45) is 0 Å². The topological polar surface area (TPSA) is 83.4 Å². The lowest BCUT2D eigenvalue weighted by Crippen LogP contribution is -2.29. The van der Waals surface area contributed by atoms with Gasteiger partial charge in [-0.15, -0.1) is 0 Å². The molecule has 0 bridgehead atoms. The number of aromatic nitrogens is 3. The molecule has 7 nitrogen and oxygen atoms in total. The zero-order valence-electron chi connectivity index (χ0n) is 12.8. The average Bonchev–Trinajstić information content (AvgIpc) is 2.42. The fraction of sp³-hybridized carbons (Fsp3) is 0.769. The summed E-state index contributed by atoms with van der Waals surface area (Å²) in [5, 5.41) is 12.6. The third-order valence-electron chi connectivity index (χ3n) is 2.45. The monoisotopic (exact) mass is 283 g/mol. The maximum absolute atomic E-state index is 9.45. The minimum atomic E-state index is -0.455. The van der Waals surface area contributed by atoms with Crippen LogP contribution in [0.5, 0.6) is 6.01 Å². The van der Waals surface area contributed by atoms with Gasteiger partial charge < -0.3 is 20.1 Å². The lowest BCUT2D eigenvalue weighted by atomic mass is 10.4. The molecule has 2 N–H and O–H groups in total. The van der Waals surface area contributed by atoms with Gasteiger partial charge >= 0.3 is 6.01 Å². The Morgan fingerprint density at radius 2 is 2.00 bits per heavy atom. The average molecular weight is 283 g/mol. The van der Waals surface area contributed by atoms with Gasteiger partial charge in [0.05, 0.1) is 12.7 Å². The number of nitrogens with zero attached hydrogens (tertiary/aromatic N) is 4. The van der Waals surface area contributed by atoms with Gasteiger partial charge in [-0.25, -0.2) is 0 Å². The molecule has 0 radical (unpaired) electrons. The van der Waals surface area contributed by atoms with E-state index in [-0.39, 0.29) is 0 Å². The van der Waals surface area contributed by atoms with Gasteiger partial charge in [-0.3, -0.25) is 0 Å². The molecule has 0 aliphatic rings. The van der Waals surface area contributed by atoms with Gasteiger partial charge in [0, 0.05) is 20.1 Å². The molecule has 0 aliphatic heterocycles. The summed E-state index contributed by atoms with van der Waals surface area (Å²) in [7, 11) is 1.83. The molecule has 0 saturated carbocycles. The van der Waals surface area contributed by atoms with Crippen LogP contribution in [0.2, 0.25) is 0 Å². The lowest BCUT2D eigenvalue weighted by Gasteiger charge is -2.19. The first kappa shape index (κ1) is 16.4. The zero-order chi connectivity index (χ0) is 15.0. The van der Waals surface area contributed by atoms with Crippen LogP contribution in [-0.2, 0) is 0 Å². The Morgan fingerprint density at radius 1 is 1.25 bits per heavy atom. The molecule has 0 aliphatic carbocycles. The first-order valence-corrected chi connectivity index (χ1v) is 7.08. The van der Waals surface area contributed by atoms with E-state index >= 15 is 0 Å². The molecule has 1 heterocycles. The van der Waals surface area contributed by atoms with Crippen molar-refractivity contribution < 1.29 is 9.84 Å². The van der Waals surface area contributed by atoms with Gasteiger partial charge in [0.15, 0.2) is 0 Å². The summed E-state index contributed by atoms with van der Waals surface area (Å²) in [6.07, 6.45) is 1.42. The number of ether oxygens (including phenoxy) is 1. The summed E-state index contributed by atoms with van der Waals surface area (Å²) in [5.41, 5.74) is 0. The summed E-state index contributed by atoms with van der Waals surface area (Å²) in [6.45, 7) is 7.63. The van der Waals surface area contributed by atoms with Gasteiger partial charge in [-0.2, -0.15) is 15.0 Å². The van der Waals surface area contributed by atoms with Gasteiger partial charge in [-0.05, 0) is 19.8 Å². The van der Waals surface area contributed by atoms with E-state index in [1.165, 1.54) is 0 Å². The standard InChI is InChI=1S/C13H25N5O2/c1-5-7-14-11-15-12(18(4)9-10(3)19)17-13(16-11)20-8-6-2/h10,19H,5-9H2,1-4H3,(H,14,15,16,17). The van der Waals surface area contributed by atoms with Crippen LogP contribution < -0.4 is 15.0 Å². The molecule has 0 spiro atoms. The van der Waals surface area contributed by atoms with E-state index in [2.05, 4.69) is 27.2 Å². The normalized spacial score (nSPS) is 12.1. The van der Waals surface area contributed by atoms with E-state index in [1.807, 2.05) is 14.0 Å². The third kappa shape index (κ3) is 5.56. The highest BCUT2D eigenvalue weighted by Gasteiger charge is 2.12. The van der Waals surface area contributed by atoms with Crippen LogP contribution in [0.25, 0.3) is 0 Å². The summed E-state index contributed by atoms with van der Waals surface area (Å²) in [6, 6.07) is 0.313. The summed E-state index contributed by atoms with van der Waals surface area (Å²) < 4.78 is 5.48. The largest absolute Gasteiger partial charge is 0.463 e. The summed E-state index contributed by atoms with van der Waals surface area (Å²) >= 11 is 0. The van der Waals surface area contributed by atoms with Crippen LogP contribution in [0.15, 0.2) is 0 Å². The van der Waals surface area contributed by atoms with Crippen molar-refractivity contribution in [3.63, 3.8) is 0 Å². The van der Waals surface area contributed by atoms with Crippen molar-refractivity contribution >= 4 is 11.9 Å². The van der Waals surface area contributed by atoms with Crippen LogP contribution in [0.1, 0.15) is 33.6 Å². The maximum atomic E-state index is 9.45. The molecule has 0 fully saturated rings. The first-order valence-electron chi connectivity index (χ1n) is 7.08. The third-order valence-corrected chi connectivity index (χ3v) is 2.45. The Balaban J connectivity index is 2.89. The first-order chi connectivity index (χ1) is 9.56. The molecular formula is C13H25N5O2. The SMILES string of the molecule is CCCNc1nc(OCCC)nc(N(C)CC(C)O)n1. The van der Waals surface area contributed by atoms with E-state index in [0.29, 0.717) is 31.1 Å². The number of rotatable bonds is 9. The van der Waals surface area contributed by atoms with Gasteiger partial charge in [0.2, 0.25) is 11.9 Å². The van der Waals surface area contributed by atoms with E-state index in [0.717, 1.165) is 19.4 Å². The van der Waals surface area contributed by atoms with Crippen molar-refractivity contribution in [1.82, 2.24) is 15.0 Å². The van der Waals surface area contributed by atoms with Gasteiger partial charge in [-0.1, -0.05) is 13.8 Å². The predicted octanol–water partition coefficient (Wildman–Crippen LogP) is 1.30. The molecule has 1 rings (SSSR count). The highest BCUT2D eigenvalue weighted by atomic mass is 16.5. The molecule has 1 aromatic rings. The van der Waals surface area contributed by atoms with Crippen LogP contribution >= 0.6 is 0 Å². The van der Waals surface area contributed by atoms with Crippen molar-refractivity contribution in [2.75, 3.05) is 37.0 Å². The Kier molecular flexibility index (Phi) is 7.00. The molecule has 0 saturated heterocycles. The fourth-order valence-corrected chi connectivity index (χ4v) is 1.57. The molecule has 1 unspecified atom stereocenters. The Labute approximate surface area is 120 Å². The summed E-state index contributed by atoms with van der Waals surface area (Å²) in [4.78, 5) is 14.6. The molecule has 1 aromatic heterocycles. The number of aliphatic hydroxyl groups excluding tert-OH is 1. The summed E-state index contributed by atoms with van der Waals surface area (Å²) in [5.74, 6) is 0.992. The Morgan fingerprint density at radius 3 is 2.60 bits per heavy atom. The van der Waals surface area contributed by atoms with Crippen LogP contribution in [0.4, 0.5) is 11.9 Å². The molecular weight excluding hydrogens is 258 g/mol. The smallest absolute Gasteiger partial charge is 0.323 e. The Hall–Kier alpha value is -1.63. The van der Waals surface area contributed by atoms with E-state index < -0.39 is 6.10 Å². The lowest BCUT2D eigenvalue weighted by molar-refractivity contribution is 0.201. The molecule has 114 valence electrons. The maximum Gasteiger partial charge on any atom is 0.323 e. The number of likely N-dealkylation sites (N-methyl/N-ethyl adjacent to an activating group) is 1. The highest BCUT2D eigenvalue weighted by molar-refractivity contribution is 5.37. The minimum absolute atomic E-state index is 0.313. The van der Waals surface area contributed by atoms with Gasteiger partial charge in [0.1, 0.15) is 0 Å². The van der Waals surface area contributed by atoms with E-state index in [9.17, 15) is 5.11 Å². The minimum Gasteiger partial charge on any atom is -0.463 e. The predicted molar refractivity (Wildman–Crippen MR) is 79.3 cm³/mol. The number of hydrogen-bond donors (Lipinski definition) is 2. The van der Waals surface area contributed by atoms with Crippen LogP contribution in [-0.4, -0.2) is 52.9 Å². The quantitative estimate of drug-likeness (QED) is 0.706. The second kappa shape index (κ2) is 8.52. The molecule has 0 amide bonds. The van der Waals surface area contributed by atoms with Crippen molar-refractivity contribution in [3.05, 3.63) is 0 Å². The Bertz CT molecular complexity index is 374. The van der Waals surface area contributed by atoms with Crippen molar-refractivity contribution in [3.8, 4) is 6.01 Å². The van der Waals surface area contributed by atoms with Gasteiger partial charge in [0.25, 0.3) is 0 Å². The van der Waals surface area contributed by atoms with Crippen LogP contribution in [0.3, 0.4) is 0 Å². The van der Waals surface area contributed by atoms with Crippen molar-refractivity contribution in [1.29, 1.82) is 0 Å². The molecule has 7 heteroatoms. The number of anilines is 2. The van der Waals surface area contributed by atoms with E-state index in [4.69, 9.17) is 4.74 Å². The fourth-order valence-electron chi connectivity index (χ4n) is 1.57. The second-order valence-electron chi connectivity index (χ2n) is 4.75. The van der Waals surface area contributed by atoms with E-state index in [1.54, 1.807) is 11.8 Å². The molecule has 1 atom stereocenters. The molecule has 0 aromatic carbocycles. The number of hydrogen-bond acceptors (Lipinski definition) is 7. The van der Waals surface area contributed by atoms with Crippen molar-refractivity contribution in [2.45, 2.75) is 39.7 Å². The number of aliphatic hydroxyl groups is 1. The number of nitrogens with one attached hydrogen (secondary N) is 1.